The Bertz CT molecular complexity index is 902. The van der Waals surface area contributed by atoms with E-state index in [0.29, 0.717) is 17.2 Å². The van der Waals surface area contributed by atoms with Crippen LogP contribution in [0.15, 0.2) is 48.7 Å². The SMILES string of the molecule is COC(=O)C1Cc2cc3c(ccn3-c3ccccc3)c(Cl)c2O1. The maximum absolute atomic E-state index is 11.7. The quantitative estimate of drug-likeness (QED) is 0.673. The van der Waals surface area contributed by atoms with Crippen LogP contribution in [0.3, 0.4) is 0 Å². The topological polar surface area (TPSA) is 40.5 Å². The van der Waals surface area contributed by atoms with E-state index in [1.807, 2.05) is 48.7 Å². The summed E-state index contributed by atoms with van der Waals surface area (Å²) in [5.41, 5.74) is 2.98. The van der Waals surface area contributed by atoms with Gasteiger partial charge in [-0.1, -0.05) is 29.8 Å². The summed E-state index contributed by atoms with van der Waals surface area (Å²) in [4.78, 5) is 11.7. The van der Waals surface area contributed by atoms with Crippen molar-refractivity contribution in [1.82, 2.24) is 4.57 Å². The first-order valence-corrected chi connectivity index (χ1v) is 7.69. The highest BCUT2D eigenvalue weighted by Gasteiger charge is 2.32. The Kier molecular flexibility index (Phi) is 3.27. The van der Waals surface area contributed by atoms with E-state index in [2.05, 4.69) is 4.57 Å². The van der Waals surface area contributed by atoms with E-state index >= 15 is 0 Å². The fourth-order valence-corrected chi connectivity index (χ4v) is 3.34. The molecule has 5 heteroatoms. The molecule has 4 nitrogen and oxygen atoms in total. The smallest absolute Gasteiger partial charge is 0.347 e. The van der Waals surface area contributed by atoms with Gasteiger partial charge in [0.2, 0.25) is 0 Å². The molecular formula is C18H14ClNO3. The zero-order chi connectivity index (χ0) is 16.0. The first kappa shape index (κ1) is 14.2. The molecule has 23 heavy (non-hydrogen) atoms. The Hall–Kier alpha value is -2.46. The third-order valence-electron chi connectivity index (χ3n) is 4.13. The van der Waals surface area contributed by atoms with Crippen LogP contribution in [0, 0.1) is 0 Å². The largest absolute Gasteiger partial charge is 0.476 e. The summed E-state index contributed by atoms with van der Waals surface area (Å²) < 4.78 is 12.5. The lowest BCUT2D eigenvalue weighted by molar-refractivity contribution is -0.147. The summed E-state index contributed by atoms with van der Waals surface area (Å²) >= 11 is 6.51. The predicted molar refractivity (Wildman–Crippen MR) is 88.4 cm³/mol. The predicted octanol–water partition coefficient (Wildman–Crippen LogP) is 3.76. The van der Waals surface area contributed by atoms with Gasteiger partial charge in [0.1, 0.15) is 5.75 Å². The summed E-state index contributed by atoms with van der Waals surface area (Å²) in [7, 11) is 1.36. The van der Waals surface area contributed by atoms with Crippen molar-refractivity contribution in [2.75, 3.05) is 7.11 Å². The molecule has 0 saturated carbocycles. The van der Waals surface area contributed by atoms with Crippen molar-refractivity contribution in [2.24, 2.45) is 0 Å². The standard InChI is InChI=1S/C18H14ClNO3/c1-22-18(21)15-10-11-9-14-13(16(19)17(11)23-15)7-8-20(14)12-5-3-2-4-6-12/h2-9,15H,10H2,1H3. The molecule has 2 aromatic carbocycles. The number of benzene rings is 2. The number of rotatable bonds is 2. The number of para-hydroxylation sites is 1. The van der Waals surface area contributed by atoms with Crippen LogP contribution >= 0.6 is 11.6 Å². The first-order valence-electron chi connectivity index (χ1n) is 7.31. The highest BCUT2D eigenvalue weighted by molar-refractivity contribution is 6.37. The molecule has 4 rings (SSSR count). The third-order valence-corrected chi connectivity index (χ3v) is 4.50. The zero-order valence-corrected chi connectivity index (χ0v) is 13.2. The molecule has 0 bridgehead atoms. The molecule has 0 saturated heterocycles. The Morgan fingerprint density at radius 3 is 2.83 bits per heavy atom. The van der Waals surface area contributed by atoms with E-state index in [-0.39, 0.29) is 5.97 Å². The van der Waals surface area contributed by atoms with E-state index in [4.69, 9.17) is 21.1 Å². The summed E-state index contributed by atoms with van der Waals surface area (Å²) in [6.45, 7) is 0. The van der Waals surface area contributed by atoms with E-state index in [0.717, 1.165) is 22.2 Å². The normalized spacial score (nSPS) is 16.2. The Balaban J connectivity index is 1.85. The molecule has 0 radical (unpaired) electrons. The van der Waals surface area contributed by atoms with E-state index in [9.17, 15) is 4.79 Å². The highest BCUT2D eigenvalue weighted by Crippen LogP contribution is 2.42. The van der Waals surface area contributed by atoms with E-state index < -0.39 is 6.10 Å². The lowest BCUT2D eigenvalue weighted by Crippen LogP contribution is -2.26. The third kappa shape index (κ3) is 2.18. The summed E-state index contributed by atoms with van der Waals surface area (Å²) in [6.07, 6.45) is 1.83. The molecule has 0 N–H and O–H groups in total. The van der Waals surface area contributed by atoms with Crippen molar-refractivity contribution in [3.8, 4) is 11.4 Å². The Morgan fingerprint density at radius 2 is 2.09 bits per heavy atom. The van der Waals surface area contributed by atoms with Crippen molar-refractivity contribution < 1.29 is 14.3 Å². The lowest BCUT2D eigenvalue weighted by atomic mass is 10.1. The zero-order valence-electron chi connectivity index (χ0n) is 12.5. The van der Waals surface area contributed by atoms with Crippen LogP contribution in [-0.4, -0.2) is 23.8 Å². The van der Waals surface area contributed by atoms with Gasteiger partial charge in [0.15, 0.2) is 6.10 Å². The summed E-state index contributed by atoms with van der Waals surface area (Å²) in [6, 6.07) is 14.0. The number of fused-ring (bicyclic) bond motifs is 2. The van der Waals surface area contributed by atoms with Gasteiger partial charge < -0.3 is 14.0 Å². The lowest BCUT2D eigenvalue weighted by Gasteiger charge is -2.09. The van der Waals surface area contributed by atoms with Crippen molar-refractivity contribution >= 4 is 28.5 Å². The maximum atomic E-state index is 11.7. The second-order valence-electron chi connectivity index (χ2n) is 5.47. The molecule has 1 aromatic heterocycles. The molecule has 0 spiro atoms. The van der Waals surface area contributed by atoms with Crippen LogP contribution < -0.4 is 4.74 Å². The number of nitrogens with zero attached hydrogens (tertiary/aromatic N) is 1. The summed E-state index contributed by atoms with van der Waals surface area (Å²) in [5.74, 6) is 0.202. The van der Waals surface area contributed by atoms with Gasteiger partial charge in [-0.3, -0.25) is 0 Å². The Morgan fingerprint density at radius 1 is 1.30 bits per heavy atom. The Labute approximate surface area is 138 Å². The van der Waals surface area contributed by atoms with Crippen molar-refractivity contribution in [2.45, 2.75) is 12.5 Å². The second-order valence-corrected chi connectivity index (χ2v) is 5.84. The van der Waals surface area contributed by atoms with Gasteiger partial charge in [-0.2, -0.15) is 0 Å². The van der Waals surface area contributed by atoms with Gasteiger partial charge in [-0.15, -0.1) is 0 Å². The van der Waals surface area contributed by atoms with E-state index in [1.165, 1.54) is 7.11 Å². The van der Waals surface area contributed by atoms with Crippen LogP contribution in [0.25, 0.3) is 16.6 Å². The number of aromatic nitrogens is 1. The molecule has 1 unspecified atom stereocenters. The van der Waals surface area contributed by atoms with Crippen LogP contribution in [0.5, 0.6) is 5.75 Å². The van der Waals surface area contributed by atoms with Gasteiger partial charge in [-0.05, 0) is 24.3 Å². The number of hydrogen-bond acceptors (Lipinski definition) is 3. The maximum Gasteiger partial charge on any atom is 0.347 e. The van der Waals surface area contributed by atoms with Gasteiger partial charge in [0.25, 0.3) is 0 Å². The average Bonchev–Trinajstić information content (AvgIpc) is 3.20. The molecule has 1 atom stereocenters. The monoisotopic (exact) mass is 327 g/mol. The van der Waals surface area contributed by atoms with Crippen LogP contribution in [-0.2, 0) is 16.0 Å². The van der Waals surface area contributed by atoms with E-state index in [1.54, 1.807) is 0 Å². The molecule has 1 aliphatic heterocycles. The molecule has 0 aliphatic carbocycles. The summed E-state index contributed by atoms with van der Waals surface area (Å²) in [5, 5.41) is 1.44. The van der Waals surface area contributed by atoms with Gasteiger partial charge >= 0.3 is 5.97 Å². The molecule has 0 amide bonds. The number of methoxy groups -OCH3 is 1. The van der Waals surface area contributed by atoms with Crippen LogP contribution in [0.4, 0.5) is 0 Å². The minimum absolute atomic E-state index is 0.382. The van der Waals surface area contributed by atoms with Crippen molar-refractivity contribution in [3.63, 3.8) is 0 Å². The molecule has 2 heterocycles. The van der Waals surface area contributed by atoms with Crippen LogP contribution in [0.2, 0.25) is 5.02 Å². The second kappa shape index (κ2) is 5.32. The molecule has 0 fully saturated rings. The number of halogens is 1. The van der Waals surface area contributed by atoms with Crippen LogP contribution in [0.1, 0.15) is 5.56 Å². The fraction of sp³-hybridized carbons (Fsp3) is 0.167. The van der Waals surface area contributed by atoms with Gasteiger partial charge in [0.05, 0.1) is 17.6 Å². The molecule has 116 valence electrons. The fourth-order valence-electron chi connectivity index (χ4n) is 3.01. The number of carbonyl (C=O) groups is 1. The highest BCUT2D eigenvalue weighted by atomic mass is 35.5. The minimum Gasteiger partial charge on any atom is -0.476 e. The van der Waals surface area contributed by atoms with Gasteiger partial charge in [-0.25, -0.2) is 4.79 Å². The minimum atomic E-state index is -0.621. The van der Waals surface area contributed by atoms with Crippen molar-refractivity contribution in [3.05, 3.63) is 59.2 Å². The number of ether oxygens (including phenoxy) is 2. The number of esters is 1. The first-order chi connectivity index (χ1) is 11.2. The number of hydrogen-bond donors (Lipinski definition) is 0. The molecule has 1 aliphatic rings. The molecular weight excluding hydrogens is 314 g/mol. The van der Waals surface area contributed by atoms with Gasteiger partial charge in [0, 0.05) is 29.3 Å². The van der Waals surface area contributed by atoms with Crippen molar-refractivity contribution in [1.29, 1.82) is 0 Å². The number of carbonyl (C=O) groups excluding carboxylic acids is 1. The molecule has 3 aromatic rings. The average molecular weight is 328 g/mol.